The van der Waals surface area contributed by atoms with Crippen molar-refractivity contribution in [2.75, 3.05) is 7.05 Å². The highest BCUT2D eigenvalue weighted by atomic mass is 16.5. The van der Waals surface area contributed by atoms with E-state index in [1.54, 1.807) is 0 Å². The number of nitrogens with one attached hydrogen (secondary N) is 1. The first-order chi connectivity index (χ1) is 8.36. The Labute approximate surface area is 100 Å². The van der Waals surface area contributed by atoms with Crippen molar-refractivity contribution in [3.05, 3.63) is 47.1 Å². The number of hydrogen-bond donors (Lipinski definition) is 1. The number of aromatic nitrogens is 2. The minimum atomic E-state index is 0.352. The zero-order valence-corrected chi connectivity index (χ0v) is 9.81. The number of benzene rings is 1. The van der Waals surface area contributed by atoms with Crippen LogP contribution in [0.2, 0.25) is 0 Å². The van der Waals surface area contributed by atoms with Crippen molar-refractivity contribution in [2.45, 2.75) is 25.3 Å². The second kappa shape index (κ2) is 4.30. The normalized spacial score (nSPS) is 15.1. The van der Waals surface area contributed by atoms with Crippen LogP contribution in [0.1, 0.15) is 28.8 Å². The van der Waals surface area contributed by atoms with Crippen molar-refractivity contribution < 1.29 is 4.52 Å². The molecule has 0 radical (unpaired) electrons. The largest absolute Gasteiger partial charge is 0.339 e. The smallest absolute Gasteiger partial charge is 0.230 e. The fourth-order valence-electron chi connectivity index (χ4n) is 2.40. The summed E-state index contributed by atoms with van der Waals surface area (Å²) in [7, 11) is 1.88. The van der Waals surface area contributed by atoms with E-state index in [0.717, 1.165) is 24.6 Å². The molecular formula is C13H15N3O. The second-order valence-corrected chi connectivity index (χ2v) is 4.45. The van der Waals surface area contributed by atoms with Gasteiger partial charge in [-0.1, -0.05) is 29.4 Å². The lowest BCUT2D eigenvalue weighted by atomic mass is 10.1. The highest BCUT2D eigenvalue weighted by Crippen LogP contribution is 2.32. The Bertz CT molecular complexity index is 496. The van der Waals surface area contributed by atoms with E-state index in [1.807, 2.05) is 7.05 Å². The fraction of sp³-hybridized carbons (Fsp3) is 0.385. The lowest BCUT2D eigenvalue weighted by molar-refractivity contribution is 0.351. The van der Waals surface area contributed by atoms with Crippen LogP contribution in [0.25, 0.3) is 0 Å². The van der Waals surface area contributed by atoms with Crippen LogP contribution in [0.4, 0.5) is 0 Å². The molecule has 1 aromatic heterocycles. The number of rotatable bonds is 3. The highest BCUT2D eigenvalue weighted by molar-refractivity contribution is 5.34. The van der Waals surface area contributed by atoms with Crippen LogP contribution in [-0.4, -0.2) is 17.2 Å². The summed E-state index contributed by atoms with van der Waals surface area (Å²) in [5.74, 6) is 1.86. The van der Waals surface area contributed by atoms with Gasteiger partial charge in [-0.3, -0.25) is 0 Å². The minimum absolute atomic E-state index is 0.352. The lowest BCUT2D eigenvalue weighted by Gasteiger charge is -2.00. The van der Waals surface area contributed by atoms with Gasteiger partial charge in [0.1, 0.15) is 0 Å². The molecule has 1 aliphatic carbocycles. The monoisotopic (exact) mass is 229 g/mol. The van der Waals surface area contributed by atoms with Gasteiger partial charge in [0, 0.05) is 5.92 Å². The Morgan fingerprint density at radius 3 is 2.65 bits per heavy atom. The summed E-state index contributed by atoms with van der Waals surface area (Å²) in [5.41, 5.74) is 2.82. The maximum Gasteiger partial charge on any atom is 0.230 e. The molecule has 0 bridgehead atoms. The molecular weight excluding hydrogens is 214 g/mol. The SMILES string of the molecule is CNCc1noc(C2Cc3ccccc3C2)n1. The minimum Gasteiger partial charge on any atom is -0.339 e. The summed E-state index contributed by atoms with van der Waals surface area (Å²) in [5, 5.41) is 6.98. The van der Waals surface area contributed by atoms with E-state index in [-0.39, 0.29) is 0 Å². The summed E-state index contributed by atoms with van der Waals surface area (Å²) >= 11 is 0. The Kier molecular flexibility index (Phi) is 2.65. The van der Waals surface area contributed by atoms with Crippen LogP contribution in [0.3, 0.4) is 0 Å². The molecule has 88 valence electrons. The number of hydrogen-bond acceptors (Lipinski definition) is 4. The Hall–Kier alpha value is -1.68. The average molecular weight is 229 g/mol. The molecule has 0 fully saturated rings. The maximum absolute atomic E-state index is 5.33. The molecule has 0 atom stereocenters. The molecule has 1 aliphatic rings. The number of fused-ring (bicyclic) bond motifs is 1. The molecule has 4 heteroatoms. The third kappa shape index (κ3) is 1.96. The second-order valence-electron chi connectivity index (χ2n) is 4.45. The Morgan fingerprint density at radius 1 is 1.29 bits per heavy atom. The molecule has 4 nitrogen and oxygen atoms in total. The maximum atomic E-state index is 5.33. The van der Waals surface area contributed by atoms with Crippen LogP contribution in [-0.2, 0) is 19.4 Å². The molecule has 0 amide bonds. The molecule has 17 heavy (non-hydrogen) atoms. The van der Waals surface area contributed by atoms with Gasteiger partial charge in [0.25, 0.3) is 0 Å². The lowest BCUT2D eigenvalue weighted by Crippen LogP contribution is -2.07. The highest BCUT2D eigenvalue weighted by Gasteiger charge is 2.26. The van der Waals surface area contributed by atoms with Gasteiger partial charge >= 0.3 is 0 Å². The van der Waals surface area contributed by atoms with Gasteiger partial charge in [-0.15, -0.1) is 0 Å². The van der Waals surface area contributed by atoms with Gasteiger partial charge in [0.2, 0.25) is 5.89 Å². The number of nitrogens with zero attached hydrogens (tertiary/aromatic N) is 2. The molecule has 0 saturated heterocycles. The van der Waals surface area contributed by atoms with Crippen molar-refractivity contribution in [3.63, 3.8) is 0 Å². The van der Waals surface area contributed by atoms with Gasteiger partial charge in [-0.05, 0) is 31.0 Å². The zero-order valence-electron chi connectivity index (χ0n) is 9.81. The first-order valence-electron chi connectivity index (χ1n) is 5.90. The standard InChI is InChI=1S/C13H15N3O/c1-14-8-12-15-13(17-16-12)11-6-9-4-2-3-5-10(9)7-11/h2-5,11,14H,6-8H2,1H3. The predicted molar refractivity (Wildman–Crippen MR) is 63.7 cm³/mol. The first kappa shape index (κ1) is 10.5. The molecule has 3 rings (SSSR count). The first-order valence-corrected chi connectivity index (χ1v) is 5.90. The van der Waals surface area contributed by atoms with E-state index in [9.17, 15) is 0 Å². The van der Waals surface area contributed by atoms with E-state index < -0.39 is 0 Å². The quantitative estimate of drug-likeness (QED) is 0.869. The van der Waals surface area contributed by atoms with Crippen LogP contribution in [0, 0.1) is 0 Å². The van der Waals surface area contributed by atoms with Gasteiger partial charge in [0.05, 0.1) is 6.54 Å². The third-order valence-electron chi connectivity index (χ3n) is 3.22. The zero-order chi connectivity index (χ0) is 11.7. The summed E-state index contributed by atoms with van der Waals surface area (Å²) in [6, 6.07) is 8.53. The molecule has 0 saturated carbocycles. The van der Waals surface area contributed by atoms with E-state index >= 15 is 0 Å². The molecule has 0 aliphatic heterocycles. The van der Waals surface area contributed by atoms with Crippen molar-refractivity contribution in [2.24, 2.45) is 0 Å². The van der Waals surface area contributed by atoms with Gasteiger partial charge in [-0.2, -0.15) is 4.98 Å². The Morgan fingerprint density at radius 2 is 2.00 bits per heavy atom. The average Bonchev–Trinajstić information content (AvgIpc) is 2.94. The molecule has 0 spiro atoms. The summed E-state index contributed by atoms with van der Waals surface area (Å²) in [6.07, 6.45) is 2.02. The van der Waals surface area contributed by atoms with E-state index in [0.29, 0.717) is 12.5 Å². The third-order valence-corrected chi connectivity index (χ3v) is 3.22. The molecule has 1 aromatic carbocycles. The summed E-state index contributed by atoms with van der Waals surface area (Å²) in [4.78, 5) is 4.42. The summed E-state index contributed by atoms with van der Waals surface area (Å²) < 4.78 is 5.33. The molecule has 2 aromatic rings. The van der Waals surface area contributed by atoms with Gasteiger partial charge in [-0.25, -0.2) is 0 Å². The predicted octanol–water partition coefficient (Wildman–Crippen LogP) is 1.67. The fourth-order valence-corrected chi connectivity index (χ4v) is 2.40. The molecule has 1 N–H and O–H groups in total. The van der Waals surface area contributed by atoms with Crippen molar-refractivity contribution in [3.8, 4) is 0 Å². The molecule has 0 unspecified atom stereocenters. The summed E-state index contributed by atoms with van der Waals surface area (Å²) in [6.45, 7) is 0.656. The molecule has 1 heterocycles. The van der Waals surface area contributed by atoms with Crippen molar-refractivity contribution in [1.82, 2.24) is 15.5 Å². The van der Waals surface area contributed by atoms with Crippen LogP contribution >= 0.6 is 0 Å². The van der Waals surface area contributed by atoms with Gasteiger partial charge in [0.15, 0.2) is 5.82 Å². The van der Waals surface area contributed by atoms with E-state index in [1.165, 1.54) is 11.1 Å². The van der Waals surface area contributed by atoms with E-state index in [4.69, 9.17) is 4.52 Å². The topological polar surface area (TPSA) is 51.0 Å². The van der Waals surface area contributed by atoms with Gasteiger partial charge < -0.3 is 9.84 Å². The Balaban J connectivity index is 1.79. The van der Waals surface area contributed by atoms with Crippen molar-refractivity contribution in [1.29, 1.82) is 0 Å². The van der Waals surface area contributed by atoms with Crippen LogP contribution in [0.15, 0.2) is 28.8 Å². The van der Waals surface area contributed by atoms with Crippen molar-refractivity contribution >= 4 is 0 Å². The van der Waals surface area contributed by atoms with E-state index in [2.05, 4.69) is 39.7 Å². The van der Waals surface area contributed by atoms with Crippen LogP contribution < -0.4 is 5.32 Å². The van der Waals surface area contributed by atoms with Crippen LogP contribution in [0.5, 0.6) is 0 Å².